The predicted molar refractivity (Wildman–Crippen MR) is 36.0 cm³/mol. The summed E-state index contributed by atoms with van der Waals surface area (Å²) < 4.78 is 4.28. The van der Waals surface area contributed by atoms with E-state index < -0.39 is 36.4 Å². The van der Waals surface area contributed by atoms with Gasteiger partial charge in [-0.2, -0.15) is 0 Å². The van der Waals surface area contributed by atoms with Gasteiger partial charge in [0.2, 0.25) is 0 Å². The third kappa shape index (κ3) is 1.72. The van der Waals surface area contributed by atoms with Crippen LogP contribution in [0.4, 0.5) is 0 Å². The van der Waals surface area contributed by atoms with Gasteiger partial charge < -0.3 is 14.7 Å². The van der Waals surface area contributed by atoms with E-state index in [1.54, 1.807) is 0 Å². The van der Waals surface area contributed by atoms with E-state index in [9.17, 15) is 14.4 Å². The second kappa shape index (κ2) is 3.60. The number of hydrogen-bond acceptors (Lipinski definition) is 7. The van der Waals surface area contributed by atoms with E-state index in [-0.39, 0.29) is 0 Å². The standard InChI is InChI=1S/C6H7NO6/c7-12-1-2(8)5-3(9)4(10)6(11)13-5/h2,5,8H,1,7H2. The third-order valence-corrected chi connectivity index (χ3v) is 1.52. The van der Waals surface area contributed by atoms with Crippen LogP contribution in [-0.4, -0.2) is 41.5 Å². The van der Waals surface area contributed by atoms with Gasteiger partial charge in [-0.1, -0.05) is 0 Å². The molecule has 0 aromatic heterocycles. The fraction of sp³-hybridized carbons (Fsp3) is 0.500. The minimum atomic E-state index is -1.48. The Morgan fingerprint density at radius 2 is 2.15 bits per heavy atom. The molecule has 1 heterocycles. The predicted octanol–water partition coefficient (Wildman–Crippen LogP) is -2.70. The van der Waals surface area contributed by atoms with Crippen LogP contribution in [0.3, 0.4) is 0 Å². The molecule has 1 aliphatic heterocycles. The van der Waals surface area contributed by atoms with Crippen molar-refractivity contribution in [2.45, 2.75) is 12.2 Å². The Labute approximate surface area is 72.4 Å². The first-order valence-electron chi connectivity index (χ1n) is 3.37. The molecule has 1 fully saturated rings. The van der Waals surface area contributed by atoms with Crippen molar-refractivity contribution in [1.29, 1.82) is 0 Å². The van der Waals surface area contributed by atoms with Gasteiger partial charge >= 0.3 is 11.8 Å². The number of aliphatic hydroxyl groups excluding tert-OH is 1. The highest BCUT2D eigenvalue weighted by Crippen LogP contribution is 2.11. The third-order valence-electron chi connectivity index (χ3n) is 1.52. The quantitative estimate of drug-likeness (QED) is 0.282. The number of aliphatic hydroxyl groups is 1. The molecule has 2 atom stereocenters. The minimum absolute atomic E-state index is 0.392. The lowest BCUT2D eigenvalue weighted by atomic mass is 10.1. The van der Waals surface area contributed by atoms with Crippen LogP contribution >= 0.6 is 0 Å². The fourth-order valence-electron chi connectivity index (χ4n) is 0.891. The molecule has 0 bridgehead atoms. The molecule has 72 valence electrons. The lowest BCUT2D eigenvalue weighted by Crippen LogP contribution is -2.37. The van der Waals surface area contributed by atoms with Crippen LogP contribution < -0.4 is 5.90 Å². The number of carbonyl (C=O) groups excluding carboxylic acids is 3. The zero-order valence-corrected chi connectivity index (χ0v) is 6.43. The first kappa shape index (κ1) is 9.78. The molecular weight excluding hydrogens is 182 g/mol. The maximum atomic E-state index is 10.9. The van der Waals surface area contributed by atoms with E-state index in [0.29, 0.717) is 0 Å². The Morgan fingerprint density at radius 1 is 1.54 bits per heavy atom. The van der Waals surface area contributed by atoms with Crippen LogP contribution in [0, 0.1) is 0 Å². The highest BCUT2D eigenvalue weighted by molar-refractivity contribution is 6.65. The van der Waals surface area contributed by atoms with Crippen LogP contribution in [0.1, 0.15) is 0 Å². The van der Waals surface area contributed by atoms with Crippen LogP contribution in [0.2, 0.25) is 0 Å². The Morgan fingerprint density at radius 3 is 2.54 bits per heavy atom. The molecular formula is C6H7NO6. The lowest BCUT2D eigenvalue weighted by molar-refractivity contribution is -0.152. The smallest absolute Gasteiger partial charge is 0.383 e. The van der Waals surface area contributed by atoms with E-state index in [0.717, 1.165) is 0 Å². The summed E-state index contributed by atoms with van der Waals surface area (Å²) in [6.45, 7) is -0.392. The molecule has 13 heavy (non-hydrogen) atoms. The van der Waals surface area contributed by atoms with Gasteiger partial charge in [0.15, 0.2) is 6.10 Å². The summed E-state index contributed by atoms with van der Waals surface area (Å²) >= 11 is 0. The van der Waals surface area contributed by atoms with E-state index in [1.165, 1.54) is 0 Å². The molecule has 7 nitrogen and oxygen atoms in total. The van der Waals surface area contributed by atoms with Gasteiger partial charge in [-0.15, -0.1) is 0 Å². The van der Waals surface area contributed by atoms with Gasteiger partial charge in [-0.05, 0) is 0 Å². The minimum Gasteiger partial charge on any atom is -0.445 e. The van der Waals surface area contributed by atoms with Gasteiger partial charge in [0.25, 0.3) is 5.78 Å². The maximum absolute atomic E-state index is 10.9. The number of esters is 1. The van der Waals surface area contributed by atoms with Crippen LogP contribution in [-0.2, 0) is 24.0 Å². The largest absolute Gasteiger partial charge is 0.445 e. The Kier molecular flexibility index (Phi) is 2.71. The van der Waals surface area contributed by atoms with E-state index >= 15 is 0 Å². The molecule has 0 aromatic carbocycles. The molecule has 7 heteroatoms. The first-order chi connectivity index (χ1) is 6.07. The summed E-state index contributed by atoms with van der Waals surface area (Å²) in [5.74, 6) is 1.02. The van der Waals surface area contributed by atoms with Crippen molar-refractivity contribution >= 4 is 17.5 Å². The molecule has 0 saturated carbocycles. The van der Waals surface area contributed by atoms with Crippen molar-refractivity contribution in [3.63, 3.8) is 0 Å². The number of ether oxygens (including phenoxy) is 1. The molecule has 0 aromatic rings. The number of cyclic esters (lactones) is 1. The summed E-state index contributed by atoms with van der Waals surface area (Å²) in [4.78, 5) is 36.1. The zero-order chi connectivity index (χ0) is 10.0. The number of rotatable bonds is 3. The first-order valence-corrected chi connectivity index (χ1v) is 3.37. The molecule has 1 aliphatic rings. The topological polar surface area (TPSA) is 116 Å². The summed E-state index contributed by atoms with van der Waals surface area (Å²) in [6.07, 6.45) is -2.89. The zero-order valence-electron chi connectivity index (χ0n) is 6.43. The van der Waals surface area contributed by atoms with Gasteiger partial charge in [-0.25, -0.2) is 10.7 Å². The molecule has 0 amide bonds. The number of nitrogens with two attached hydrogens (primary N) is 1. The van der Waals surface area contributed by atoms with Crippen molar-refractivity contribution in [1.82, 2.24) is 0 Å². The highest BCUT2D eigenvalue weighted by Gasteiger charge is 2.45. The van der Waals surface area contributed by atoms with Crippen molar-refractivity contribution < 1.29 is 29.1 Å². The van der Waals surface area contributed by atoms with E-state index in [4.69, 9.17) is 5.11 Å². The molecule has 0 aliphatic carbocycles. The molecule has 3 N–H and O–H groups in total. The van der Waals surface area contributed by atoms with Crippen molar-refractivity contribution in [2.75, 3.05) is 6.61 Å². The van der Waals surface area contributed by atoms with E-state index in [2.05, 4.69) is 15.5 Å². The Bertz CT molecular complexity index is 262. The molecule has 1 saturated heterocycles. The Hall–Kier alpha value is -1.31. The van der Waals surface area contributed by atoms with Crippen LogP contribution in [0.15, 0.2) is 0 Å². The molecule has 2 unspecified atom stereocenters. The van der Waals surface area contributed by atoms with Crippen LogP contribution in [0.25, 0.3) is 0 Å². The van der Waals surface area contributed by atoms with Crippen LogP contribution in [0.5, 0.6) is 0 Å². The van der Waals surface area contributed by atoms with Gasteiger partial charge in [0, 0.05) is 0 Å². The van der Waals surface area contributed by atoms with Crippen molar-refractivity contribution in [3.8, 4) is 0 Å². The van der Waals surface area contributed by atoms with Gasteiger partial charge in [0.1, 0.15) is 6.10 Å². The monoisotopic (exact) mass is 189 g/mol. The summed E-state index contributed by atoms with van der Waals surface area (Å²) in [7, 11) is 0. The van der Waals surface area contributed by atoms with Gasteiger partial charge in [0.05, 0.1) is 6.61 Å². The number of carbonyl (C=O) groups is 3. The molecule has 0 spiro atoms. The maximum Gasteiger partial charge on any atom is 0.383 e. The fourth-order valence-corrected chi connectivity index (χ4v) is 0.891. The number of ketones is 2. The average Bonchev–Trinajstić information content (AvgIpc) is 2.33. The number of hydrogen-bond donors (Lipinski definition) is 2. The Balaban J connectivity index is 2.68. The highest BCUT2D eigenvalue weighted by atomic mass is 16.6. The lowest BCUT2D eigenvalue weighted by Gasteiger charge is -2.12. The second-order valence-corrected chi connectivity index (χ2v) is 2.42. The molecule has 0 radical (unpaired) electrons. The second-order valence-electron chi connectivity index (χ2n) is 2.42. The summed E-state index contributed by atoms with van der Waals surface area (Å²) in [6, 6.07) is 0. The average molecular weight is 189 g/mol. The van der Waals surface area contributed by atoms with Gasteiger partial charge in [-0.3, -0.25) is 9.59 Å². The summed E-state index contributed by atoms with van der Waals surface area (Å²) in [5, 5.41) is 9.10. The number of Topliss-reactive ketones (excluding diaryl/α,β-unsaturated/α-hetero) is 2. The summed E-state index contributed by atoms with van der Waals surface area (Å²) in [5.41, 5.74) is 0. The normalized spacial score (nSPS) is 24.8. The van der Waals surface area contributed by atoms with Crippen molar-refractivity contribution in [2.24, 2.45) is 5.90 Å². The van der Waals surface area contributed by atoms with E-state index in [1.807, 2.05) is 0 Å². The molecule has 1 rings (SSSR count). The SMILES string of the molecule is NOCC(O)C1OC(=O)C(=O)C1=O. The van der Waals surface area contributed by atoms with Crippen molar-refractivity contribution in [3.05, 3.63) is 0 Å².